The van der Waals surface area contributed by atoms with E-state index in [1.165, 1.54) is 0 Å². The van der Waals surface area contributed by atoms with Crippen molar-refractivity contribution < 1.29 is 18.6 Å². The summed E-state index contributed by atoms with van der Waals surface area (Å²) in [6.07, 6.45) is 5.42. The van der Waals surface area contributed by atoms with E-state index in [-0.39, 0.29) is 0 Å². The van der Waals surface area contributed by atoms with Crippen LogP contribution >= 0.6 is 11.3 Å². The Balaban J connectivity index is 1.64. The number of thiophene rings is 1. The summed E-state index contributed by atoms with van der Waals surface area (Å²) in [5.41, 5.74) is 1.77. The first kappa shape index (κ1) is 19.8. The number of ether oxygens (including phenoxy) is 3. The molecule has 0 radical (unpaired) electrons. The number of nitrogens with one attached hydrogen (secondary N) is 1. The number of hydrogen-bond acceptors (Lipinski definition) is 8. The van der Waals surface area contributed by atoms with Crippen LogP contribution in [0.1, 0.15) is 17.1 Å². The molecule has 0 fully saturated rings. The summed E-state index contributed by atoms with van der Waals surface area (Å²) in [6, 6.07) is 9.51. The molecule has 1 aromatic carbocycles. The van der Waals surface area contributed by atoms with Gasteiger partial charge in [-0.1, -0.05) is 6.08 Å². The minimum absolute atomic E-state index is 0.549. The second-order valence-corrected chi connectivity index (χ2v) is 7.21. The highest BCUT2D eigenvalue weighted by molar-refractivity contribution is 7.17. The predicted molar refractivity (Wildman–Crippen MR) is 118 cm³/mol. The van der Waals surface area contributed by atoms with E-state index in [2.05, 4.69) is 15.3 Å². The molecule has 30 heavy (non-hydrogen) atoms. The number of anilines is 1. The van der Waals surface area contributed by atoms with Gasteiger partial charge in [-0.3, -0.25) is 0 Å². The number of aromatic nitrogens is 2. The van der Waals surface area contributed by atoms with Crippen LogP contribution in [0.2, 0.25) is 0 Å². The van der Waals surface area contributed by atoms with Gasteiger partial charge in [0.25, 0.3) is 0 Å². The lowest BCUT2D eigenvalue weighted by atomic mass is 10.1. The molecule has 4 rings (SSSR count). The van der Waals surface area contributed by atoms with Gasteiger partial charge in [-0.05, 0) is 47.4 Å². The quantitative estimate of drug-likeness (QED) is 0.423. The maximum atomic E-state index is 5.42. The summed E-state index contributed by atoms with van der Waals surface area (Å²) in [7, 11) is 4.77. The van der Waals surface area contributed by atoms with Gasteiger partial charge in [-0.2, -0.15) is 0 Å². The molecular formula is C22H21N3O4S. The number of nitrogens with zero attached hydrogens (tertiary/aromatic N) is 2. The molecule has 0 aliphatic carbocycles. The van der Waals surface area contributed by atoms with Gasteiger partial charge in [0.2, 0.25) is 5.75 Å². The minimum Gasteiger partial charge on any atom is -0.493 e. The molecular weight excluding hydrogens is 402 g/mol. The molecule has 0 saturated heterocycles. The van der Waals surface area contributed by atoms with Crippen LogP contribution < -0.4 is 19.5 Å². The SMILES string of the molecule is COc1cc(/C=C/c2nc(NCc3ccco3)c3sccc3n2)cc(OC)c1OC. The zero-order valence-electron chi connectivity index (χ0n) is 16.8. The number of furan rings is 1. The van der Waals surface area contributed by atoms with Crippen molar-refractivity contribution >= 4 is 39.5 Å². The van der Waals surface area contributed by atoms with Crippen LogP contribution in [0, 0.1) is 0 Å². The molecule has 0 atom stereocenters. The fraction of sp³-hybridized carbons (Fsp3) is 0.182. The van der Waals surface area contributed by atoms with Crippen molar-refractivity contribution in [2.75, 3.05) is 26.6 Å². The molecule has 4 aromatic rings. The number of benzene rings is 1. The van der Waals surface area contributed by atoms with Crippen LogP contribution in [-0.4, -0.2) is 31.3 Å². The maximum Gasteiger partial charge on any atom is 0.203 e. The Hall–Kier alpha value is -3.52. The molecule has 3 aromatic heterocycles. The third-order valence-electron chi connectivity index (χ3n) is 4.44. The van der Waals surface area contributed by atoms with Crippen LogP contribution in [0.25, 0.3) is 22.4 Å². The summed E-state index contributed by atoms with van der Waals surface area (Å²) in [4.78, 5) is 9.32. The molecule has 0 amide bonds. The second-order valence-electron chi connectivity index (χ2n) is 6.29. The summed E-state index contributed by atoms with van der Waals surface area (Å²) in [5.74, 6) is 3.94. The summed E-state index contributed by atoms with van der Waals surface area (Å²) in [6.45, 7) is 0.549. The lowest BCUT2D eigenvalue weighted by Crippen LogP contribution is -2.02. The van der Waals surface area contributed by atoms with E-state index in [4.69, 9.17) is 18.6 Å². The third kappa shape index (κ3) is 4.08. The van der Waals surface area contributed by atoms with Crippen molar-refractivity contribution in [3.8, 4) is 17.2 Å². The van der Waals surface area contributed by atoms with Crippen LogP contribution in [0.15, 0.2) is 46.4 Å². The molecule has 0 spiro atoms. The first-order valence-electron chi connectivity index (χ1n) is 9.21. The molecule has 1 N–H and O–H groups in total. The Morgan fingerprint density at radius 2 is 1.83 bits per heavy atom. The first-order chi connectivity index (χ1) is 14.7. The highest BCUT2D eigenvalue weighted by Crippen LogP contribution is 2.38. The van der Waals surface area contributed by atoms with E-state index in [0.29, 0.717) is 29.6 Å². The zero-order valence-corrected chi connectivity index (χ0v) is 17.7. The first-order valence-corrected chi connectivity index (χ1v) is 10.1. The molecule has 0 aliphatic rings. The highest BCUT2D eigenvalue weighted by Gasteiger charge is 2.12. The molecule has 0 saturated carbocycles. The molecule has 0 unspecified atom stereocenters. The van der Waals surface area contributed by atoms with E-state index in [0.717, 1.165) is 27.4 Å². The van der Waals surface area contributed by atoms with E-state index in [9.17, 15) is 0 Å². The third-order valence-corrected chi connectivity index (χ3v) is 5.35. The Bertz CT molecular complexity index is 1140. The van der Waals surface area contributed by atoms with Crippen LogP contribution in [0.4, 0.5) is 5.82 Å². The molecule has 7 nitrogen and oxygen atoms in total. The van der Waals surface area contributed by atoms with Crippen molar-refractivity contribution in [3.63, 3.8) is 0 Å². The Morgan fingerprint density at radius 3 is 2.50 bits per heavy atom. The fourth-order valence-corrected chi connectivity index (χ4v) is 3.83. The number of methoxy groups -OCH3 is 3. The number of hydrogen-bond donors (Lipinski definition) is 1. The predicted octanol–water partition coefficient (Wildman–Crippen LogP) is 5.09. The topological polar surface area (TPSA) is 78.6 Å². The minimum atomic E-state index is 0.549. The van der Waals surface area contributed by atoms with Gasteiger partial charge in [0, 0.05) is 0 Å². The summed E-state index contributed by atoms with van der Waals surface area (Å²) < 4.78 is 22.6. The van der Waals surface area contributed by atoms with Gasteiger partial charge in [-0.15, -0.1) is 11.3 Å². The summed E-state index contributed by atoms with van der Waals surface area (Å²) in [5, 5.41) is 5.35. The lowest BCUT2D eigenvalue weighted by Gasteiger charge is -2.12. The largest absolute Gasteiger partial charge is 0.493 e. The van der Waals surface area contributed by atoms with Crippen molar-refractivity contribution in [3.05, 3.63) is 59.1 Å². The maximum absolute atomic E-state index is 5.42. The van der Waals surface area contributed by atoms with Crippen LogP contribution in [0.5, 0.6) is 17.2 Å². The molecule has 3 heterocycles. The molecule has 154 valence electrons. The number of fused-ring (bicyclic) bond motifs is 1. The average molecular weight is 423 g/mol. The van der Waals surface area contributed by atoms with Crippen LogP contribution in [0.3, 0.4) is 0 Å². The van der Waals surface area contributed by atoms with Crippen LogP contribution in [-0.2, 0) is 6.54 Å². The van der Waals surface area contributed by atoms with Gasteiger partial charge in [0.05, 0.1) is 44.4 Å². The normalized spacial score (nSPS) is 11.2. The Labute approximate surface area is 177 Å². The van der Waals surface area contributed by atoms with E-state index < -0.39 is 0 Å². The van der Waals surface area contributed by atoms with E-state index in [1.54, 1.807) is 38.9 Å². The standard InChI is InChI=1S/C22H21N3O4S/c1-26-17-11-14(12-18(27-2)20(17)28-3)6-7-19-24-16-8-10-30-21(16)22(25-19)23-13-15-5-4-9-29-15/h4-12H,13H2,1-3H3,(H,23,24,25)/b7-6+. The second kappa shape index (κ2) is 8.87. The summed E-state index contributed by atoms with van der Waals surface area (Å²) >= 11 is 1.60. The average Bonchev–Trinajstić information content (AvgIpc) is 3.47. The smallest absolute Gasteiger partial charge is 0.203 e. The molecule has 0 aliphatic heterocycles. The van der Waals surface area contributed by atoms with Gasteiger partial charge >= 0.3 is 0 Å². The lowest BCUT2D eigenvalue weighted by molar-refractivity contribution is 0.324. The van der Waals surface area contributed by atoms with Gasteiger partial charge in [0.1, 0.15) is 11.6 Å². The highest BCUT2D eigenvalue weighted by atomic mass is 32.1. The van der Waals surface area contributed by atoms with Gasteiger partial charge < -0.3 is 23.9 Å². The van der Waals surface area contributed by atoms with Crippen molar-refractivity contribution in [2.45, 2.75) is 6.54 Å². The van der Waals surface area contributed by atoms with Crippen molar-refractivity contribution in [1.82, 2.24) is 9.97 Å². The fourth-order valence-electron chi connectivity index (χ4n) is 3.03. The monoisotopic (exact) mass is 423 g/mol. The zero-order chi connectivity index (χ0) is 20.9. The number of rotatable bonds is 8. The molecule has 0 bridgehead atoms. The van der Waals surface area contributed by atoms with Gasteiger partial charge in [-0.25, -0.2) is 9.97 Å². The Morgan fingerprint density at radius 1 is 1.03 bits per heavy atom. The van der Waals surface area contributed by atoms with Crippen molar-refractivity contribution in [1.29, 1.82) is 0 Å². The molecule has 8 heteroatoms. The van der Waals surface area contributed by atoms with E-state index >= 15 is 0 Å². The van der Waals surface area contributed by atoms with Crippen molar-refractivity contribution in [2.24, 2.45) is 0 Å². The van der Waals surface area contributed by atoms with Gasteiger partial charge in [0.15, 0.2) is 17.3 Å². The van der Waals surface area contributed by atoms with E-state index in [1.807, 2.05) is 47.9 Å². The Kier molecular flexibility index (Phi) is 5.85.